The number of para-hydroxylation sites is 3. The number of imidazole rings is 1. The lowest BCUT2D eigenvalue weighted by Crippen LogP contribution is -2.39. The predicted octanol–water partition coefficient (Wildman–Crippen LogP) is 6.47. The average Bonchev–Trinajstić information content (AvgIpc) is 3.55. The standard InChI is InChI=1S/C29H22F3N5OS/c30-29(31,32)19-6-1-3-8-21(19)37-23-10-5-11-24(38)27(23)26(18(13-33)28(37)34)25-12-17(15-39-25)14-36-16-35-20-7-2-4-9-22(20)36/h1-4,6-9,12,15-16,26H,5,10-11,14,34H2/t26-/m1/s1. The smallest absolute Gasteiger partial charge is 0.384 e. The number of nitriles is 1. The number of ketones is 1. The molecule has 3 heterocycles. The van der Waals surface area contributed by atoms with Crippen molar-refractivity contribution in [3.63, 3.8) is 0 Å². The molecule has 1 aliphatic heterocycles. The molecular weight excluding hydrogens is 523 g/mol. The molecule has 0 unspecified atom stereocenters. The number of fused-ring (bicyclic) bond motifs is 1. The highest BCUT2D eigenvalue weighted by Gasteiger charge is 2.43. The minimum absolute atomic E-state index is 0.0717. The average molecular weight is 546 g/mol. The minimum atomic E-state index is -4.64. The van der Waals surface area contributed by atoms with Crippen molar-refractivity contribution in [3.05, 3.63) is 105 Å². The van der Waals surface area contributed by atoms with E-state index in [0.717, 1.165) is 27.5 Å². The van der Waals surface area contributed by atoms with Crippen LogP contribution in [0, 0.1) is 11.3 Å². The van der Waals surface area contributed by atoms with Gasteiger partial charge in [-0.25, -0.2) is 4.98 Å². The summed E-state index contributed by atoms with van der Waals surface area (Å²) < 4.78 is 43.9. The summed E-state index contributed by atoms with van der Waals surface area (Å²) in [4.78, 5) is 19.8. The van der Waals surface area contributed by atoms with Crippen LogP contribution in [0.25, 0.3) is 11.0 Å². The Balaban J connectivity index is 1.46. The molecule has 2 aliphatic rings. The summed E-state index contributed by atoms with van der Waals surface area (Å²) >= 11 is 1.41. The van der Waals surface area contributed by atoms with Gasteiger partial charge in [-0.05, 0) is 54.1 Å². The molecule has 2 aromatic heterocycles. The summed E-state index contributed by atoms with van der Waals surface area (Å²) in [7, 11) is 0. The topological polar surface area (TPSA) is 87.9 Å². The molecule has 1 aliphatic carbocycles. The van der Waals surface area contributed by atoms with E-state index in [1.54, 1.807) is 6.33 Å². The molecule has 4 aromatic rings. The molecule has 2 N–H and O–H groups in total. The van der Waals surface area contributed by atoms with Crippen molar-refractivity contribution in [1.29, 1.82) is 5.26 Å². The zero-order chi connectivity index (χ0) is 27.3. The molecule has 2 aromatic carbocycles. The van der Waals surface area contributed by atoms with Crippen LogP contribution >= 0.6 is 11.3 Å². The van der Waals surface area contributed by atoms with E-state index in [1.807, 2.05) is 40.3 Å². The fourth-order valence-electron chi connectivity index (χ4n) is 5.52. The van der Waals surface area contributed by atoms with Crippen LogP contribution in [0.15, 0.2) is 89.0 Å². The van der Waals surface area contributed by atoms with Gasteiger partial charge in [0.1, 0.15) is 5.82 Å². The first-order valence-corrected chi connectivity index (χ1v) is 13.3. The van der Waals surface area contributed by atoms with Gasteiger partial charge in [0, 0.05) is 29.1 Å². The van der Waals surface area contributed by atoms with Gasteiger partial charge < -0.3 is 10.3 Å². The molecule has 0 spiro atoms. The van der Waals surface area contributed by atoms with Gasteiger partial charge in [0.15, 0.2) is 5.78 Å². The highest BCUT2D eigenvalue weighted by atomic mass is 32.1. The Morgan fingerprint density at radius 2 is 1.90 bits per heavy atom. The van der Waals surface area contributed by atoms with E-state index in [4.69, 9.17) is 5.73 Å². The van der Waals surface area contributed by atoms with Gasteiger partial charge in [-0.1, -0.05) is 24.3 Å². The van der Waals surface area contributed by atoms with Crippen LogP contribution < -0.4 is 10.6 Å². The molecular formula is C29H22F3N5OS. The second-order valence-corrected chi connectivity index (χ2v) is 10.5. The van der Waals surface area contributed by atoms with E-state index in [1.165, 1.54) is 34.4 Å². The second-order valence-electron chi connectivity index (χ2n) is 9.55. The molecule has 0 fully saturated rings. The van der Waals surface area contributed by atoms with Crippen LogP contribution in [0.4, 0.5) is 18.9 Å². The molecule has 6 nitrogen and oxygen atoms in total. The lowest BCUT2D eigenvalue weighted by Gasteiger charge is -2.40. The number of anilines is 1. The molecule has 10 heteroatoms. The first-order valence-electron chi connectivity index (χ1n) is 12.4. The van der Waals surface area contributed by atoms with E-state index in [0.29, 0.717) is 30.7 Å². The van der Waals surface area contributed by atoms with Crippen LogP contribution in [-0.4, -0.2) is 15.3 Å². The van der Waals surface area contributed by atoms with Crippen LogP contribution in [-0.2, 0) is 17.5 Å². The third kappa shape index (κ3) is 4.19. The van der Waals surface area contributed by atoms with Gasteiger partial charge in [0.2, 0.25) is 0 Å². The van der Waals surface area contributed by atoms with Gasteiger partial charge in [0.25, 0.3) is 0 Å². The van der Waals surface area contributed by atoms with Crippen molar-refractivity contribution in [2.45, 2.75) is 37.9 Å². The summed E-state index contributed by atoms with van der Waals surface area (Å²) in [5.74, 6) is -0.986. The maximum Gasteiger partial charge on any atom is 0.418 e. The maximum atomic E-state index is 14.0. The van der Waals surface area contributed by atoms with Gasteiger partial charge in [-0.2, -0.15) is 18.4 Å². The molecule has 6 rings (SSSR count). The number of hydrogen-bond donors (Lipinski definition) is 1. The van der Waals surface area contributed by atoms with E-state index in [-0.39, 0.29) is 29.3 Å². The fraction of sp³-hybridized carbons (Fsp3) is 0.207. The van der Waals surface area contributed by atoms with Crippen LogP contribution in [0.3, 0.4) is 0 Å². The normalized spacial score (nSPS) is 18.1. The number of allylic oxidation sites excluding steroid dienone is 3. The molecule has 0 bridgehead atoms. The van der Waals surface area contributed by atoms with E-state index in [2.05, 4.69) is 11.1 Å². The molecule has 1 atom stereocenters. The van der Waals surface area contributed by atoms with Gasteiger partial charge in [-0.15, -0.1) is 11.3 Å². The highest BCUT2D eigenvalue weighted by Crippen LogP contribution is 2.49. The number of alkyl halides is 3. The Hall–Kier alpha value is -4.36. The van der Waals surface area contributed by atoms with Crippen molar-refractivity contribution in [2.24, 2.45) is 5.73 Å². The Morgan fingerprint density at radius 1 is 1.13 bits per heavy atom. The number of Topliss-reactive ketones (excluding diaryl/α,β-unsaturated/α-hetero) is 1. The van der Waals surface area contributed by atoms with E-state index in [9.17, 15) is 23.2 Å². The summed E-state index contributed by atoms with van der Waals surface area (Å²) in [5.41, 5.74) is 9.12. The van der Waals surface area contributed by atoms with Gasteiger partial charge >= 0.3 is 6.18 Å². The largest absolute Gasteiger partial charge is 0.418 e. The second kappa shape index (κ2) is 9.43. The molecule has 196 valence electrons. The zero-order valence-corrected chi connectivity index (χ0v) is 21.4. The Kier molecular flexibility index (Phi) is 6.03. The monoisotopic (exact) mass is 545 g/mol. The summed E-state index contributed by atoms with van der Waals surface area (Å²) in [5, 5.41) is 12.2. The van der Waals surface area contributed by atoms with Crippen molar-refractivity contribution < 1.29 is 18.0 Å². The third-order valence-electron chi connectivity index (χ3n) is 7.20. The number of thiophene rings is 1. The fourth-order valence-corrected chi connectivity index (χ4v) is 6.54. The number of aromatic nitrogens is 2. The molecule has 0 radical (unpaired) electrons. The van der Waals surface area contributed by atoms with Gasteiger partial charge in [0.05, 0.1) is 46.2 Å². The number of halogens is 3. The summed E-state index contributed by atoms with van der Waals surface area (Å²) in [6.07, 6.45) is -1.74. The van der Waals surface area contributed by atoms with Crippen LogP contribution in [0.1, 0.15) is 41.2 Å². The van der Waals surface area contributed by atoms with Crippen LogP contribution in [0.2, 0.25) is 0 Å². The van der Waals surface area contributed by atoms with Crippen LogP contribution in [0.5, 0.6) is 0 Å². The number of hydrogen-bond acceptors (Lipinski definition) is 6. The number of carbonyl (C=O) groups excluding carboxylic acids is 1. The molecule has 0 amide bonds. The lowest BCUT2D eigenvalue weighted by molar-refractivity contribution is -0.137. The summed E-state index contributed by atoms with van der Waals surface area (Å²) in [6, 6.07) is 17.0. The number of nitrogens with zero attached hydrogens (tertiary/aromatic N) is 4. The summed E-state index contributed by atoms with van der Waals surface area (Å²) in [6.45, 7) is 0.537. The Bertz CT molecular complexity index is 1720. The first kappa shape index (κ1) is 24.9. The number of benzene rings is 2. The third-order valence-corrected chi connectivity index (χ3v) is 8.25. The van der Waals surface area contributed by atoms with Crippen molar-refractivity contribution >= 4 is 33.8 Å². The predicted molar refractivity (Wildman–Crippen MR) is 143 cm³/mol. The lowest BCUT2D eigenvalue weighted by atomic mass is 9.78. The molecule has 0 saturated heterocycles. The van der Waals surface area contributed by atoms with E-state index < -0.39 is 17.7 Å². The Labute approximate surface area is 226 Å². The number of nitrogens with two attached hydrogens (primary N) is 1. The highest BCUT2D eigenvalue weighted by molar-refractivity contribution is 7.10. The quantitative estimate of drug-likeness (QED) is 0.318. The maximum absolute atomic E-state index is 14.0. The molecule has 39 heavy (non-hydrogen) atoms. The molecule has 0 saturated carbocycles. The minimum Gasteiger partial charge on any atom is -0.384 e. The van der Waals surface area contributed by atoms with Crippen molar-refractivity contribution in [1.82, 2.24) is 9.55 Å². The zero-order valence-electron chi connectivity index (χ0n) is 20.6. The van der Waals surface area contributed by atoms with Crippen molar-refractivity contribution in [2.75, 3.05) is 4.90 Å². The SMILES string of the molecule is N#CC1=C(N)N(c2ccccc2C(F)(F)F)C2=C(C(=O)CCC2)[C@H]1c1cc(Cn2cnc3ccccc32)cs1. The Morgan fingerprint density at radius 3 is 2.69 bits per heavy atom. The number of carbonyl (C=O) groups is 1. The number of rotatable bonds is 4. The van der Waals surface area contributed by atoms with Crippen molar-refractivity contribution in [3.8, 4) is 6.07 Å². The van der Waals surface area contributed by atoms with E-state index >= 15 is 0 Å². The van der Waals surface area contributed by atoms with Gasteiger partial charge in [-0.3, -0.25) is 9.69 Å². The first-order chi connectivity index (χ1) is 18.8.